The Hall–Kier alpha value is -1.36. The number of benzene rings is 1. The van der Waals surface area contributed by atoms with Gasteiger partial charge in [0, 0.05) is 11.8 Å². The van der Waals surface area contributed by atoms with E-state index in [-0.39, 0.29) is 11.9 Å². The van der Waals surface area contributed by atoms with Crippen LogP contribution in [0.5, 0.6) is 0 Å². The maximum atomic E-state index is 11.6. The van der Waals surface area contributed by atoms with Gasteiger partial charge in [-0.25, -0.2) is 4.79 Å². The lowest BCUT2D eigenvalue weighted by molar-refractivity contribution is -0.140. The van der Waals surface area contributed by atoms with Crippen LogP contribution in [-0.2, 0) is 26.0 Å². The Morgan fingerprint density at radius 1 is 1.22 bits per heavy atom. The van der Waals surface area contributed by atoms with E-state index in [1.807, 2.05) is 12.1 Å². The van der Waals surface area contributed by atoms with Crippen LogP contribution >= 0.6 is 15.9 Å². The van der Waals surface area contributed by atoms with Crippen molar-refractivity contribution in [1.29, 1.82) is 0 Å². The highest BCUT2D eigenvalue weighted by molar-refractivity contribution is 9.08. The highest BCUT2D eigenvalue weighted by Crippen LogP contribution is 2.17. The fourth-order valence-electron chi connectivity index (χ4n) is 1.54. The van der Waals surface area contributed by atoms with Crippen LogP contribution in [0.1, 0.15) is 27.9 Å². The normalized spacial score (nSPS) is 9.94. The van der Waals surface area contributed by atoms with Crippen molar-refractivity contribution in [3.8, 4) is 0 Å². The summed E-state index contributed by atoms with van der Waals surface area (Å²) in [4.78, 5) is 22.7. The van der Waals surface area contributed by atoms with Crippen LogP contribution in [0.4, 0.5) is 0 Å². The molecule has 4 nitrogen and oxygen atoms in total. The van der Waals surface area contributed by atoms with Gasteiger partial charge in [-0.3, -0.25) is 4.79 Å². The number of ether oxygens (including phenoxy) is 2. The van der Waals surface area contributed by atoms with E-state index in [2.05, 4.69) is 20.7 Å². The first-order valence-electron chi connectivity index (χ1n) is 5.45. The summed E-state index contributed by atoms with van der Waals surface area (Å²) in [5.41, 5.74) is 2.30. The molecule has 0 atom stereocenters. The standard InChI is InChI=1S/C13H15BrO4/c1-17-12(15)6-4-9-3-5-10(8-14)11(7-9)13(16)18-2/h3,5,7H,4,6,8H2,1-2H3. The van der Waals surface area contributed by atoms with E-state index in [0.717, 1.165) is 11.1 Å². The Labute approximate surface area is 114 Å². The molecule has 0 saturated heterocycles. The van der Waals surface area contributed by atoms with Crippen molar-refractivity contribution in [2.24, 2.45) is 0 Å². The SMILES string of the molecule is COC(=O)CCc1ccc(CBr)c(C(=O)OC)c1. The third-order valence-electron chi connectivity index (χ3n) is 2.57. The van der Waals surface area contributed by atoms with Crippen LogP contribution in [0.2, 0.25) is 0 Å². The van der Waals surface area contributed by atoms with Gasteiger partial charge in [-0.1, -0.05) is 28.1 Å². The van der Waals surface area contributed by atoms with Crippen molar-refractivity contribution < 1.29 is 19.1 Å². The predicted octanol–water partition coefficient (Wildman–Crippen LogP) is 2.47. The Morgan fingerprint density at radius 2 is 1.94 bits per heavy atom. The Morgan fingerprint density at radius 3 is 2.50 bits per heavy atom. The zero-order valence-electron chi connectivity index (χ0n) is 10.4. The number of rotatable bonds is 5. The number of carbonyl (C=O) groups excluding carboxylic acids is 2. The molecule has 0 aromatic heterocycles. The molecular weight excluding hydrogens is 300 g/mol. The third-order valence-corrected chi connectivity index (χ3v) is 3.17. The van der Waals surface area contributed by atoms with Gasteiger partial charge < -0.3 is 9.47 Å². The van der Waals surface area contributed by atoms with Gasteiger partial charge in [0.2, 0.25) is 0 Å². The zero-order valence-corrected chi connectivity index (χ0v) is 12.0. The lowest BCUT2D eigenvalue weighted by Crippen LogP contribution is -2.07. The number of methoxy groups -OCH3 is 2. The molecule has 0 N–H and O–H groups in total. The van der Waals surface area contributed by atoms with E-state index in [1.54, 1.807) is 6.07 Å². The smallest absolute Gasteiger partial charge is 0.338 e. The maximum absolute atomic E-state index is 11.6. The molecule has 0 heterocycles. The highest BCUT2D eigenvalue weighted by Gasteiger charge is 2.12. The second-order valence-corrected chi connectivity index (χ2v) is 4.25. The lowest BCUT2D eigenvalue weighted by Gasteiger charge is -2.08. The summed E-state index contributed by atoms with van der Waals surface area (Å²) in [5, 5.41) is 0.578. The Balaban J connectivity index is 2.89. The molecule has 1 rings (SSSR count). The highest BCUT2D eigenvalue weighted by atomic mass is 79.9. The molecule has 0 unspecified atom stereocenters. The predicted molar refractivity (Wildman–Crippen MR) is 70.7 cm³/mol. The zero-order chi connectivity index (χ0) is 13.5. The number of hydrogen-bond acceptors (Lipinski definition) is 4. The minimum atomic E-state index is -0.371. The van der Waals surface area contributed by atoms with Crippen molar-refractivity contribution in [1.82, 2.24) is 0 Å². The molecule has 0 aliphatic carbocycles. The van der Waals surface area contributed by atoms with Crippen LogP contribution in [0.3, 0.4) is 0 Å². The quantitative estimate of drug-likeness (QED) is 0.619. The largest absolute Gasteiger partial charge is 0.469 e. The first kappa shape index (κ1) is 14.7. The fraction of sp³-hybridized carbons (Fsp3) is 0.385. The molecule has 0 saturated carbocycles. The number of carbonyl (C=O) groups is 2. The Kier molecular flexibility index (Phi) is 5.85. The number of alkyl halides is 1. The monoisotopic (exact) mass is 314 g/mol. The molecule has 1 aromatic carbocycles. The second kappa shape index (κ2) is 7.16. The van der Waals surface area contributed by atoms with Gasteiger partial charge >= 0.3 is 11.9 Å². The van der Waals surface area contributed by atoms with Crippen LogP contribution < -0.4 is 0 Å². The molecule has 5 heteroatoms. The average Bonchev–Trinajstić information content (AvgIpc) is 2.43. The molecule has 18 heavy (non-hydrogen) atoms. The summed E-state index contributed by atoms with van der Waals surface area (Å²) in [6.07, 6.45) is 0.837. The first-order valence-corrected chi connectivity index (χ1v) is 6.57. The van der Waals surface area contributed by atoms with E-state index in [9.17, 15) is 9.59 Å². The topological polar surface area (TPSA) is 52.6 Å². The summed E-state index contributed by atoms with van der Waals surface area (Å²) in [7, 11) is 2.71. The number of aryl methyl sites for hydroxylation is 1. The number of hydrogen-bond donors (Lipinski definition) is 0. The number of halogens is 1. The fourth-order valence-corrected chi connectivity index (χ4v) is 2.03. The Bertz CT molecular complexity index is 443. The molecule has 0 amide bonds. The lowest BCUT2D eigenvalue weighted by atomic mass is 10.0. The molecule has 0 spiro atoms. The van der Waals surface area contributed by atoms with Gasteiger partial charge in [0.15, 0.2) is 0 Å². The molecule has 0 aliphatic heterocycles. The van der Waals surface area contributed by atoms with Crippen LogP contribution in [-0.4, -0.2) is 26.2 Å². The summed E-state index contributed by atoms with van der Waals surface area (Å²) in [6.45, 7) is 0. The summed E-state index contributed by atoms with van der Waals surface area (Å²) in [6, 6.07) is 5.50. The van der Waals surface area contributed by atoms with E-state index in [0.29, 0.717) is 23.7 Å². The van der Waals surface area contributed by atoms with Crippen molar-refractivity contribution in [2.75, 3.05) is 14.2 Å². The third kappa shape index (κ3) is 3.84. The van der Waals surface area contributed by atoms with Gasteiger partial charge in [0.1, 0.15) is 0 Å². The van der Waals surface area contributed by atoms with Crippen LogP contribution in [0, 0.1) is 0 Å². The van der Waals surface area contributed by atoms with E-state index < -0.39 is 0 Å². The maximum Gasteiger partial charge on any atom is 0.338 e. The van der Waals surface area contributed by atoms with Gasteiger partial charge in [0.05, 0.1) is 19.8 Å². The summed E-state index contributed by atoms with van der Waals surface area (Å²) in [5.74, 6) is -0.636. The number of esters is 2. The second-order valence-electron chi connectivity index (χ2n) is 3.69. The van der Waals surface area contributed by atoms with Crippen LogP contribution in [0.25, 0.3) is 0 Å². The minimum absolute atomic E-state index is 0.265. The molecule has 0 aliphatic rings. The van der Waals surface area contributed by atoms with E-state index in [1.165, 1.54) is 14.2 Å². The molecule has 1 aromatic rings. The molecule has 0 fully saturated rings. The van der Waals surface area contributed by atoms with Crippen molar-refractivity contribution in [3.63, 3.8) is 0 Å². The summed E-state index contributed by atoms with van der Waals surface area (Å²) >= 11 is 3.32. The first-order chi connectivity index (χ1) is 8.62. The van der Waals surface area contributed by atoms with Gasteiger partial charge in [-0.05, 0) is 23.6 Å². The molecule has 98 valence electrons. The minimum Gasteiger partial charge on any atom is -0.469 e. The van der Waals surface area contributed by atoms with Gasteiger partial charge in [-0.2, -0.15) is 0 Å². The van der Waals surface area contributed by atoms with Crippen LogP contribution in [0.15, 0.2) is 18.2 Å². The van der Waals surface area contributed by atoms with Gasteiger partial charge in [-0.15, -0.1) is 0 Å². The average molecular weight is 315 g/mol. The molecule has 0 radical (unpaired) electrons. The van der Waals surface area contributed by atoms with Crippen molar-refractivity contribution in [2.45, 2.75) is 18.2 Å². The van der Waals surface area contributed by atoms with Crippen molar-refractivity contribution >= 4 is 27.9 Å². The van der Waals surface area contributed by atoms with E-state index in [4.69, 9.17) is 4.74 Å². The summed E-state index contributed by atoms with van der Waals surface area (Å²) < 4.78 is 9.31. The van der Waals surface area contributed by atoms with E-state index >= 15 is 0 Å². The molecule has 0 bridgehead atoms. The van der Waals surface area contributed by atoms with Gasteiger partial charge in [0.25, 0.3) is 0 Å². The van der Waals surface area contributed by atoms with Crippen molar-refractivity contribution in [3.05, 3.63) is 34.9 Å². The molecular formula is C13H15BrO4.